The Balaban J connectivity index is 3.18. The Hall–Kier alpha value is -1.31. The minimum atomic E-state index is 0.0876. The second-order valence-corrected chi connectivity index (χ2v) is 4.93. The van der Waals surface area contributed by atoms with Gasteiger partial charge in [0, 0.05) is 5.92 Å². The lowest BCUT2D eigenvalue weighted by Gasteiger charge is -2.27. The van der Waals surface area contributed by atoms with Crippen LogP contribution in [-0.2, 0) is 0 Å². The SMILES string of the molecule is C=Cc1ccc(O)c(C(C)C(C)(C)C)n1. The third-order valence-corrected chi connectivity index (χ3v) is 2.84. The predicted octanol–water partition coefficient (Wildman–Crippen LogP) is 3.58. The zero-order valence-electron chi connectivity index (χ0n) is 9.91. The second-order valence-electron chi connectivity index (χ2n) is 4.93. The van der Waals surface area contributed by atoms with Gasteiger partial charge in [0.05, 0.1) is 11.4 Å². The monoisotopic (exact) mass is 205 g/mol. The average Bonchev–Trinajstić information content (AvgIpc) is 2.16. The van der Waals surface area contributed by atoms with E-state index in [1.807, 2.05) is 0 Å². The summed E-state index contributed by atoms with van der Waals surface area (Å²) in [6.07, 6.45) is 1.69. The van der Waals surface area contributed by atoms with Gasteiger partial charge in [-0.1, -0.05) is 34.3 Å². The highest BCUT2D eigenvalue weighted by Gasteiger charge is 2.25. The van der Waals surface area contributed by atoms with Gasteiger partial charge in [0.2, 0.25) is 0 Å². The largest absolute Gasteiger partial charge is 0.506 e. The van der Waals surface area contributed by atoms with Crippen LogP contribution < -0.4 is 0 Å². The number of hydrogen-bond acceptors (Lipinski definition) is 2. The molecule has 0 aromatic carbocycles. The number of aromatic nitrogens is 1. The fourth-order valence-corrected chi connectivity index (χ4v) is 1.33. The predicted molar refractivity (Wildman–Crippen MR) is 63.9 cm³/mol. The van der Waals surface area contributed by atoms with E-state index >= 15 is 0 Å². The maximum absolute atomic E-state index is 9.77. The van der Waals surface area contributed by atoms with E-state index in [0.717, 1.165) is 11.4 Å². The number of rotatable bonds is 2. The van der Waals surface area contributed by atoms with E-state index in [0.29, 0.717) is 0 Å². The molecule has 15 heavy (non-hydrogen) atoms. The highest BCUT2D eigenvalue weighted by molar-refractivity contribution is 5.45. The fourth-order valence-electron chi connectivity index (χ4n) is 1.33. The van der Waals surface area contributed by atoms with Crippen molar-refractivity contribution in [2.24, 2.45) is 5.41 Å². The molecule has 0 amide bonds. The lowest BCUT2D eigenvalue weighted by atomic mass is 9.79. The van der Waals surface area contributed by atoms with Gasteiger partial charge in [0.25, 0.3) is 0 Å². The summed E-state index contributed by atoms with van der Waals surface area (Å²) in [6, 6.07) is 3.45. The first-order valence-electron chi connectivity index (χ1n) is 5.18. The van der Waals surface area contributed by atoms with E-state index in [-0.39, 0.29) is 17.1 Å². The molecule has 1 heterocycles. The summed E-state index contributed by atoms with van der Waals surface area (Å²) < 4.78 is 0. The van der Waals surface area contributed by atoms with Crippen molar-refractivity contribution in [1.82, 2.24) is 4.98 Å². The third kappa shape index (κ3) is 2.58. The lowest BCUT2D eigenvalue weighted by molar-refractivity contribution is 0.323. The van der Waals surface area contributed by atoms with Crippen LogP contribution in [0, 0.1) is 5.41 Å². The van der Waals surface area contributed by atoms with E-state index < -0.39 is 0 Å². The first-order chi connectivity index (χ1) is 6.86. The summed E-state index contributed by atoms with van der Waals surface area (Å²) in [5.41, 5.74) is 1.64. The van der Waals surface area contributed by atoms with Crippen LogP contribution in [-0.4, -0.2) is 10.1 Å². The van der Waals surface area contributed by atoms with Crippen molar-refractivity contribution in [3.05, 3.63) is 30.1 Å². The van der Waals surface area contributed by atoms with Crippen LogP contribution >= 0.6 is 0 Å². The van der Waals surface area contributed by atoms with Crippen LogP contribution in [0.15, 0.2) is 18.7 Å². The molecule has 2 nitrogen and oxygen atoms in total. The van der Waals surface area contributed by atoms with Crippen LogP contribution in [0.4, 0.5) is 0 Å². The molecule has 0 saturated heterocycles. The number of nitrogens with zero attached hydrogens (tertiary/aromatic N) is 1. The van der Waals surface area contributed by atoms with Crippen molar-refractivity contribution in [3.63, 3.8) is 0 Å². The Morgan fingerprint density at radius 1 is 1.40 bits per heavy atom. The minimum absolute atomic E-state index is 0.0876. The fraction of sp³-hybridized carbons (Fsp3) is 0.462. The summed E-state index contributed by atoms with van der Waals surface area (Å²) in [4.78, 5) is 4.39. The summed E-state index contributed by atoms with van der Waals surface area (Å²) in [7, 11) is 0. The van der Waals surface area contributed by atoms with E-state index in [9.17, 15) is 5.11 Å². The van der Waals surface area contributed by atoms with Crippen molar-refractivity contribution >= 4 is 6.08 Å². The molecule has 0 bridgehead atoms. The van der Waals surface area contributed by atoms with Crippen LogP contribution in [0.3, 0.4) is 0 Å². The maximum Gasteiger partial charge on any atom is 0.137 e. The van der Waals surface area contributed by atoms with Crippen LogP contribution in [0.2, 0.25) is 0 Å². The quantitative estimate of drug-likeness (QED) is 0.800. The molecule has 0 aliphatic heterocycles. The molecule has 0 radical (unpaired) electrons. The smallest absolute Gasteiger partial charge is 0.137 e. The van der Waals surface area contributed by atoms with E-state index in [4.69, 9.17) is 0 Å². The molecule has 0 aliphatic rings. The zero-order valence-corrected chi connectivity index (χ0v) is 9.91. The van der Waals surface area contributed by atoms with Crippen LogP contribution in [0.25, 0.3) is 6.08 Å². The Morgan fingerprint density at radius 3 is 2.47 bits per heavy atom. The van der Waals surface area contributed by atoms with Crippen molar-refractivity contribution in [1.29, 1.82) is 0 Å². The Labute approximate surface area is 91.7 Å². The van der Waals surface area contributed by atoms with Gasteiger partial charge in [-0.3, -0.25) is 0 Å². The van der Waals surface area contributed by atoms with E-state index in [1.165, 1.54) is 0 Å². The van der Waals surface area contributed by atoms with Gasteiger partial charge in [-0.25, -0.2) is 4.98 Å². The van der Waals surface area contributed by atoms with Crippen LogP contribution in [0.1, 0.15) is 45.0 Å². The molecule has 1 unspecified atom stereocenters. The molecule has 0 spiro atoms. The Morgan fingerprint density at radius 2 is 2.00 bits per heavy atom. The molecule has 2 heteroatoms. The Bertz CT molecular complexity index is 363. The van der Waals surface area contributed by atoms with E-state index in [2.05, 4.69) is 39.3 Å². The summed E-state index contributed by atoms with van der Waals surface area (Å²) >= 11 is 0. The summed E-state index contributed by atoms with van der Waals surface area (Å²) in [5.74, 6) is 0.473. The van der Waals surface area contributed by atoms with Gasteiger partial charge in [-0.05, 0) is 23.6 Å². The molecule has 1 N–H and O–H groups in total. The molecule has 0 saturated carbocycles. The molecule has 0 aliphatic carbocycles. The van der Waals surface area contributed by atoms with Gasteiger partial charge in [0.1, 0.15) is 5.75 Å². The molecule has 82 valence electrons. The van der Waals surface area contributed by atoms with E-state index in [1.54, 1.807) is 18.2 Å². The third-order valence-electron chi connectivity index (χ3n) is 2.84. The van der Waals surface area contributed by atoms with Gasteiger partial charge >= 0.3 is 0 Å². The van der Waals surface area contributed by atoms with Gasteiger partial charge in [-0.15, -0.1) is 0 Å². The zero-order chi connectivity index (χ0) is 11.6. The molecule has 0 fully saturated rings. The summed E-state index contributed by atoms with van der Waals surface area (Å²) in [6.45, 7) is 12.2. The summed E-state index contributed by atoms with van der Waals surface area (Å²) in [5, 5.41) is 9.77. The molecule has 1 atom stereocenters. The molecule has 1 aromatic rings. The topological polar surface area (TPSA) is 33.1 Å². The number of pyridine rings is 1. The highest BCUT2D eigenvalue weighted by atomic mass is 16.3. The second kappa shape index (κ2) is 4.05. The normalized spacial score (nSPS) is 13.6. The molecular formula is C13H19NO. The van der Waals surface area contributed by atoms with Crippen molar-refractivity contribution in [2.45, 2.75) is 33.6 Å². The molecule has 1 rings (SSSR count). The number of hydrogen-bond donors (Lipinski definition) is 1. The Kier molecular flexibility index (Phi) is 3.18. The van der Waals surface area contributed by atoms with Crippen molar-refractivity contribution in [3.8, 4) is 5.75 Å². The lowest BCUT2D eigenvalue weighted by Crippen LogP contribution is -2.16. The maximum atomic E-state index is 9.77. The first-order valence-corrected chi connectivity index (χ1v) is 5.18. The standard InChI is InChI=1S/C13H19NO/c1-6-10-7-8-11(15)12(14-10)9(2)13(3,4)5/h6-9,15H,1H2,2-5H3. The van der Waals surface area contributed by atoms with Crippen LogP contribution in [0.5, 0.6) is 5.75 Å². The molecule has 1 aromatic heterocycles. The highest BCUT2D eigenvalue weighted by Crippen LogP contribution is 2.37. The van der Waals surface area contributed by atoms with Crippen molar-refractivity contribution in [2.75, 3.05) is 0 Å². The average molecular weight is 205 g/mol. The minimum Gasteiger partial charge on any atom is -0.506 e. The first kappa shape index (κ1) is 11.8. The van der Waals surface area contributed by atoms with Crippen molar-refractivity contribution < 1.29 is 5.11 Å². The van der Waals surface area contributed by atoms with Gasteiger partial charge < -0.3 is 5.11 Å². The van der Waals surface area contributed by atoms with Gasteiger partial charge in [0.15, 0.2) is 0 Å². The number of aromatic hydroxyl groups is 1. The van der Waals surface area contributed by atoms with Gasteiger partial charge in [-0.2, -0.15) is 0 Å². The molecular weight excluding hydrogens is 186 g/mol.